The predicted molar refractivity (Wildman–Crippen MR) is 84.8 cm³/mol. The van der Waals surface area contributed by atoms with Gasteiger partial charge in [0.2, 0.25) is 0 Å². The standard InChI is InChI=1S/C16H14Cl2FNO2/c1-10(22-15-7-4-12(17)8-14(15)18)16(21)20-9-11-2-5-13(19)6-3-11/h2-8,10H,9H2,1H3,(H,20,21)/t10-/m0/s1. The van der Waals surface area contributed by atoms with Gasteiger partial charge in [-0.25, -0.2) is 4.39 Å². The van der Waals surface area contributed by atoms with Gasteiger partial charge in [0.25, 0.3) is 5.91 Å². The molecule has 0 saturated carbocycles. The second-order valence-corrected chi connectivity index (χ2v) is 5.52. The molecule has 0 saturated heterocycles. The number of nitrogens with one attached hydrogen (secondary N) is 1. The Hall–Kier alpha value is -1.78. The molecule has 0 radical (unpaired) electrons. The van der Waals surface area contributed by atoms with E-state index in [-0.39, 0.29) is 11.7 Å². The zero-order valence-corrected chi connectivity index (χ0v) is 13.3. The molecule has 0 heterocycles. The maximum absolute atomic E-state index is 12.8. The van der Waals surface area contributed by atoms with E-state index in [4.69, 9.17) is 27.9 Å². The third kappa shape index (κ3) is 4.61. The van der Waals surface area contributed by atoms with E-state index in [1.54, 1.807) is 37.3 Å². The Morgan fingerprint density at radius 3 is 2.55 bits per heavy atom. The van der Waals surface area contributed by atoms with Gasteiger partial charge in [-0.15, -0.1) is 0 Å². The molecule has 0 aromatic heterocycles. The van der Waals surface area contributed by atoms with Gasteiger partial charge in [0, 0.05) is 11.6 Å². The highest BCUT2D eigenvalue weighted by molar-refractivity contribution is 6.35. The number of halogens is 3. The molecule has 0 aliphatic carbocycles. The summed E-state index contributed by atoms with van der Waals surface area (Å²) in [6.45, 7) is 1.91. The van der Waals surface area contributed by atoms with Gasteiger partial charge in [-0.2, -0.15) is 0 Å². The van der Waals surface area contributed by atoms with Gasteiger partial charge < -0.3 is 10.1 Å². The molecule has 0 aliphatic rings. The van der Waals surface area contributed by atoms with Gasteiger partial charge in [0.15, 0.2) is 6.10 Å². The summed E-state index contributed by atoms with van der Waals surface area (Å²) in [5, 5.41) is 3.54. The van der Waals surface area contributed by atoms with Crippen molar-refractivity contribution in [3.8, 4) is 5.75 Å². The Kier molecular flexibility index (Phi) is 5.63. The van der Waals surface area contributed by atoms with Crippen LogP contribution in [0.3, 0.4) is 0 Å². The molecule has 6 heteroatoms. The molecule has 116 valence electrons. The molecule has 0 bridgehead atoms. The minimum Gasteiger partial charge on any atom is -0.479 e. The summed E-state index contributed by atoms with van der Waals surface area (Å²) in [5.74, 6) is -0.227. The zero-order valence-electron chi connectivity index (χ0n) is 11.8. The van der Waals surface area contributed by atoms with Gasteiger partial charge in [-0.3, -0.25) is 4.79 Å². The lowest BCUT2D eigenvalue weighted by atomic mass is 10.2. The van der Waals surface area contributed by atoms with Crippen LogP contribution in [0.2, 0.25) is 10.0 Å². The summed E-state index contributed by atoms with van der Waals surface area (Å²) < 4.78 is 18.3. The van der Waals surface area contributed by atoms with E-state index in [2.05, 4.69) is 5.32 Å². The summed E-state index contributed by atoms with van der Waals surface area (Å²) in [5.41, 5.74) is 0.798. The number of carbonyl (C=O) groups is 1. The van der Waals surface area contributed by atoms with E-state index in [1.165, 1.54) is 12.1 Å². The van der Waals surface area contributed by atoms with Crippen molar-refractivity contribution in [2.45, 2.75) is 19.6 Å². The molecule has 0 unspecified atom stereocenters. The van der Waals surface area contributed by atoms with Gasteiger partial charge in [0.1, 0.15) is 11.6 Å². The highest BCUT2D eigenvalue weighted by Gasteiger charge is 2.16. The molecular weight excluding hydrogens is 328 g/mol. The predicted octanol–water partition coefficient (Wildman–Crippen LogP) is 4.22. The van der Waals surface area contributed by atoms with Crippen LogP contribution in [-0.4, -0.2) is 12.0 Å². The first-order chi connectivity index (χ1) is 10.5. The van der Waals surface area contributed by atoms with Gasteiger partial charge in [-0.1, -0.05) is 35.3 Å². The van der Waals surface area contributed by atoms with Crippen LogP contribution in [-0.2, 0) is 11.3 Å². The lowest BCUT2D eigenvalue weighted by molar-refractivity contribution is -0.127. The normalized spacial score (nSPS) is 11.8. The quantitative estimate of drug-likeness (QED) is 0.884. The zero-order chi connectivity index (χ0) is 16.1. The Morgan fingerprint density at radius 2 is 1.91 bits per heavy atom. The number of rotatable bonds is 5. The van der Waals surface area contributed by atoms with Crippen LogP contribution < -0.4 is 10.1 Å². The van der Waals surface area contributed by atoms with Crippen molar-refractivity contribution < 1.29 is 13.9 Å². The molecule has 1 atom stereocenters. The lowest BCUT2D eigenvalue weighted by Gasteiger charge is -2.15. The first kappa shape index (κ1) is 16.6. The summed E-state index contributed by atoms with van der Waals surface area (Å²) in [7, 11) is 0. The van der Waals surface area contributed by atoms with Crippen molar-refractivity contribution in [1.29, 1.82) is 0 Å². The van der Waals surface area contributed by atoms with Crippen molar-refractivity contribution in [2.75, 3.05) is 0 Å². The van der Waals surface area contributed by atoms with Crippen molar-refractivity contribution in [2.24, 2.45) is 0 Å². The van der Waals surface area contributed by atoms with Gasteiger partial charge in [-0.05, 0) is 42.8 Å². The summed E-state index contributed by atoms with van der Waals surface area (Å²) in [6.07, 6.45) is -0.723. The second-order valence-electron chi connectivity index (χ2n) is 4.68. The highest BCUT2D eigenvalue weighted by atomic mass is 35.5. The number of amides is 1. The maximum atomic E-state index is 12.8. The van der Waals surface area contributed by atoms with E-state index in [9.17, 15) is 9.18 Å². The Bertz CT molecular complexity index is 662. The lowest BCUT2D eigenvalue weighted by Crippen LogP contribution is -2.35. The third-order valence-electron chi connectivity index (χ3n) is 2.95. The van der Waals surface area contributed by atoms with E-state index in [1.807, 2.05) is 0 Å². The van der Waals surface area contributed by atoms with Crippen LogP contribution in [0.4, 0.5) is 4.39 Å². The molecule has 0 fully saturated rings. The van der Waals surface area contributed by atoms with E-state index in [0.29, 0.717) is 22.3 Å². The fourth-order valence-electron chi connectivity index (χ4n) is 1.75. The Balaban J connectivity index is 1.90. The summed E-state index contributed by atoms with van der Waals surface area (Å²) in [4.78, 5) is 12.0. The maximum Gasteiger partial charge on any atom is 0.261 e. The van der Waals surface area contributed by atoms with Crippen molar-refractivity contribution >= 4 is 29.1 Å². The number of ether oxygens (including phenoxy) is 1. The van der Waals surface area contributed by atoms with Crippen LogP contribution >= 0.6 is 23.2 Å². The van der Waals surface area contributed by atoms with Crippen molar-refractivity contribution in [3.05, 3.63) is 63.9 Å². The first-order valence-corrected chi connectivity index (χ1v) is 7.35. The summed E-state index contributed by atoms with van der Waals surface area (Å²) >= 11 is 11.8. The summed E-state index contributed by atoms with van der Waals surface area (Å²) in [6, 6.07) is 10.7. The Labute approximate surface area is 138 Å². The van der Waals surface area contributed by atoms with Gasteiger partial charge >= 0.3 is 0 Å². The first-order valence-electron chi connectivity index (χ1n) is 6.59. The van der Waals surface area contributed by atoms with Crippen LogP contribution in [0.15, 0.2) is 42.5 Å². The van der Waals surface area contributed by atoms with Crippen molar-refractivity contribution in [3.63, 3.8) is 0 Å². The SMILES string of the molecule is C[C@H](Oc1ccc(Cl)cc1Cl)C(=O)NCc1ccc(F)cc1. The fraction of sp³-hybridized carbons (Fsp3) is 0.188. The van der Waals surface area contributed by atoms with Crippen molar-refractivity contribution in [1.82, 2.24) is 5.32 Å². The molecule has 2 aromatic carbocycles. The molecule has 1 amide bonds. The molecule has 0 aliphatic heterocycles. The van der Waals surface area contributed by atoms with Crippen LogP contribution in [0.5, 0.6) is 5.75 Å². The largest absolute Gasteiger partial charge is 0.479 e. The molecule has 2 aromatic rings. The Morgan fingerprint density at radius 1 is 1.23 bits per heavy atom. The number of hydrogen-bond acceptors (Lipinski definition) is 2. The molecule has 2 rings (SSSR count). The highest BCUT2D eigenvalue weighted by Crippen LogP contribution is 2.28. The fourth-order valence-corrected chi connectivity index (χ4v) is 2.20. The molecule has 3 nitrogen and oxygen atoms in total. The monoisotopic (exact) mass is 341 g/mol. The number of hydrogen-bond donors (Lipinski definition) is 1. The molecule has 1 N–H and O–H groups in total. The van der Waals surface area contributed by atoms with Crippen LogP contribution in [0.25, 0.3) is 0 Å². The number of carbonyl (C=O) groups excluding carboxylic acids is 1. The molecular formula is C16H14Cl2FNO2. The van der Waals surface area contributed by atoms with Crippen LogP contribution in [0.1, 0.15) is 12.5 Å². The number of benzene rings is 2. The van der Waals surface area contributed by atoms with Crippen LogP contribution in [0, 0.1) is 5.82 Å². The van der Waals surface area contributed by atoms with E-state index in [0.717, 1.165) is 5.56 Å². The van der Waals surface area contributed by atoms with Gasteiger partial charge in [0.05, 0.1) is 5.02 Å². The second kappa shape index (κ2) is 7.47. The van der Waals surface area contributed by atoms with E-state index < -0.39 is 6.10 Å². The average Bonchev–Trinajstić information content (AvgIpc) is 2.49. The van der Waals surface area contributed by atoms with E-state index >= 15 is 0 Å². The topological polar surface area (TPSA) is 38.3 Å². The third-order valence-corrected chi connectivity index (χ3v) is 3.48. The molecule has 0 spiro atoms. The molecule has 22 heavy (non-hydrogen) atoms. The minimum absolute atomic E-state index is 0.293. The minimum atomic E-state index is -0.723. The average molecular weight is 342 g/mol. The smallest absolute Gasteiger partial charge is 0.261 e.